The van der Waals surface area contributed by atoms with E-state index in [9.17, 15) is 18.4 Å². The molecule has 3 heterocycles. The number of fused-ring (bicyclic) bond motifs is 2. The fourth-order valence-electron chi connectivity index (χ4n) is 4.85. The van der Waals surface area contributed by atoms with Gasteiger partial charge >= 0.3 is 0 Å². The lowest BCUT2D eigenvalue weighted by atomic mass is 10.0. The van der Waals surface area contributed by atoms with Gasteiger partial charge in [-0.1, -0.05) is 0 Å². The Morgan fingerprint density at radius 1 is 1.14 bits per heavy atom. The van der Waals surface area contributed by atoms with Crippen molar-refractivity contribution in [2.45, 2.75) is 26.0 Å². The minimum absolute atomic E-state index is 0.00444. The summed E-state index contributed by atoms with van der Waals surface area (Å²) in [6.45, 7) is 4.36. The van der Waals surface area contributed by atoms with E-state index in [0.717, 1.165) is 6.07 Å². The monoisotopic (exact) mass is 483 g/mol. The lowest BCUT2D eigenvalue weighted by molar-refractivity contribution is 0.0517. The van der Waals surface area contributed by atoms with Crippen LogP contribution >= 0.6 is 0 Å². The highest BCUT2D eigenvalue weighted by Crippen LogP contribution is 2.34. The maximum Gasteiger partial charge on any atom is 0.253 e. The Hall–Kier alpha value is -3.46. The number of nitrogens with zero attached hydrogens (tertiary/aromatic N) is 3. The van der Waals surface area contributed by atoms with Gasteiger partial charge in [0.05, 0.1) is 18.1 Å². The first kappa shape index (κ1) is 23.3. The van der Waals surface area contributed by atoms with Gasteiger partial charge in [-0.3, -0.25) is 9.59 Å². The van der Waals surface area contributed by atoms with E-state index in [4.69, 9.17) is 9.15 Å². The predicted octanol–water partition coefficient (Wildman–Crippen LogP) is 3.56. The van der Waals surface area contributed by atoms with Crippen LogP contribution in [0.4, 0.5) is 20.4 Å². The number of carbonyl (C=O) groups is 1. The Morgan fingerprint density at radius 3 is 2.69 bits per heavy atom. The van der Waals surface area contributed by atoms with Crippen molar-refractivity contribution in [2.24, 2.45) is 0 Å². The number of hydrogen-bond donors (Lipinski definition) is 0. The van der Waals surface area contributed by atoms with Gasteiger partial charge in [0.1, 0.15) is 17.2 Å². The summed E-state index contributed by atoms with van der Waals surface area (Å²) in [5.41, 5.74) is 2.00. The molecule has 35 heavy (non-hydrogen) atoms. The average molecular weight is 484 g/mol. The topological polar surface area (TPSA) is 66.2 Å². The van der Waals surface area contributed by atoms with Gasteiger partial charge in [-0.25, -0.2) is 8.78 Å². The van der Waals surface area contributed by atoms with Crippen molar-refractivity contribution in [1.29, 1.82) is 0 Å². The van der Waals surface area contributed by atoms with Crippen molar-refractivity contribution >= 4 is 28.4 Å². The normalized spacial score (nSPS) is 17.7. The number of hydrogen-bond acceptors (Lipinski definition) is 6. The average Bonchev–Trinajstić information content (AvgIpc) is 3.21. The van der Waals surface area contributed by atoms with Crippen molar-refractivity contribution in [3.63, 3.8) is 0 Å². The fraction of sp³-hybridized carbons (Fsp3) is 0.385. The Morgan fingerprint density at radius 2 is 1.94 bits per heavy atom. The zero-order chi connectivity index (χ0) is 24.9. The van der Waals surface area contributed by atoms with Gasteiger partial charge in [0, 0.05) is 74.8 Å². The molecule has 1 amide bonds. The predicted molar refractivity (Wildman–Crippen MR) is 129 cm³/mol. The third kappa shape index (κ3) is 4.36. The van der Waals surface area contributed by atoms with Crippen LogP contribution < -0.4 is 15.2 Å². The standard InChI is InChI=1S/C26H27F2N3O4/c1-15-13-31(6-7-34-15)24-12-23(32)20-9-16(26(33)29(2)3)8-17(25(20)35-24)14-30-5-4-19-21(28)10-18(27)11-22(19)30/h8-12,15H,4-7,13-14H2,1-3H3/t15-/m1/s1. The van der Waals surface area contributed by atoms with Crippen LogP contribution in [0.15, 0.2) is 39.5 Å². The highest BCUT2D eigenvalue weighted by atomic mass is 19.1. The molecule has 1 fully saturated rings. The zero-order valence-corrected chi connectivity index (χ0v) is 19.9. The highest BCUT2D eigenvalue weighted by Gasteiger charge is 2.26. The fourth-order valence-corrected chi connectivity index (χ4v) is 4.85. The second-order valence-electron chi connectivity index (χ2n) is 9.34. The first-order valence-corrected chi connectivity index (χ1v) is 11.6. The number of anilines is 2. The molecule has 0 spiro atoms. The van der Waals surface area contributed by atoms with Crippen LogP contribution in [-0.4, -0.2) is 57.2 Å². The van der Waals surface area contributed by atoms with E-state index in [0.29, 0.717) is 71.9 Å². The molecule has 0 bridgehead atoms. The molecule has 5 rings (SSSR count). The summed E-state index contributed by atoms with van der Waals surface area (Å²) in [6.07, 6.45) is 0.437. The van der Waals surface area contributed by atoms with Crippen molar-refractivity contribution in [1.82, 2.24) is 4.90 Å². The van der Waals surface area contributed by atoms with E-state index in [-0.39, 0.29) is 24.0 Å². The molecular formula is C26H27F2N3O4. The van der Waals surface area contributed by atoms with E-state index < -0.39 is 11.6 Å². The van der Waals surface area contributed by atoms with Crippen LogP contribution in [0.5, 0.6) is 0 Å². The molecule has 0 aliphatic carbocycles. The third-order valence-electron chi connectivity index (χ3n) is 6.57. The summed E-state index contributed by atoms with van der Waals surface area (Å²) in [5.74, 6) is -1.04. The van der Waals surface area contributed by atoms with E-state index in [1.165, 1.54) is 17.0 Å². The third-order valence-corrected chi connectivity index (χ3v) is 6.57. The van der Waals surface area contributed by atoms with E-state index in [2.05, 4.69) is 0 Å². The summed E-state index contributed by atoms with van der Waals surface area (Å²) in [5, 5.41) is 0.294. The second kappa shape index (κ2) is 8.96. The maximum absolute atomic E-state index is 14.3. The number of carbonyl (C=O) groups excluding carboxylic acids is 1. The minimum Gasteiger partial charge on any atom is -0.440 e. The van der Waals surface area contributed by atoms with Gasteiger partial charge in [0.2, 0.25) is 0 Å². The number of rotatable bonds is 4. The number of morpholine rings is 1. The van der Waals surface area contributed by atoms with Gasteiger partial charge in [-0.05, 0) is 31.5 Å². The van der Waals surface area contributed by atoms with Crippen molar-refractivity contribution in [3.05, 3.63) is 68.9 Å². The Bertz CT molecular complexity index is 1370. The molecule has 9 heteroatoms. The molecule has 2 aliphatic heterocycles. The van der Waals surface area contributed by atoms with Gasteiger partial charge in [-0.15, -0.1) is 0 Å². The molecule has 0 unspecified atom stereocenters. The molecule has 1 saturated heterocycles. The summed E-state index contributed by atoms with van der Waals surface area (Å²) in [4.78, 5) is 31.2. The Kier molecular flexibility index (Phi) is 5.96. The summed E-state index contributed by atoms with van der Waals surface area (Å²) in [6, 6.07) is 6.91. The maximum atomic E-state index is 14.3. The van der Waals surface area contributed by atoms with E-state index in [1.54, 1.807) is 26.2 Å². The first-order chi connectivity index (χ1) is 16.7. The zero-order valence-electron chi connectivity index (χ0n) is 19.9. The molecule has 0 radical (unpaired) electrons. The van der Waals surface area contributed by atoms with Gasteiger partial charge < -0.3 is 23.9 Å². The lowest BCUT2D eigenvalue weighted by Crippen LogP contribution is -2.41. The van der Waals surface area contributed by atoms with Gasteiger partial charge in [0.15, 0.2) is 11.3 Å². The molecule has 0 saturated carbocycles. The number of halogens is 2. The number of benzene rings is 2. The van der Waals surface area contributed by atoms with Crippen molar-refractivity contribution < 1.29 is 22.7 Å². The molecular weight excluding hydrogens is 456 g/mol. The van der Waals surface area contributed by atoms with Crippen LogP contribution in [0, 0.1) is 11.6 Å². The molecule has 7 nitrogen and oxygen atoms in total. The molecule has 1 aromatic heterocycles. The number of ether oxygens (including phenoxy) is 1. The van der Waals surface area contributed by atoms with Crippen molar-refractivity contribution in [3.8, 4) is 0 Å². The van der Waals surface area contributed by atoms with Crippen molar-refractivity contribution in [2.75, 3.05) is 50.1 Å². The SMILES string of the molecule is C[C@@H]1CN(c2cc(=O)c3cc(C(=O)N(C)C)cc(CN4CCc5c(F)cc(F)cc54)c3o2)CCO1. The number of amides is 1. The smallest absolute Gasteiger partial charge is 0.253 e. The molecule has 2 aliphatic rings. The molecule has 0 N–H and O–H groups in total. The van der Waals surface area contributed by atoms with Crippen LogP contribution in [0.2, 0.25) is 0 Å². The lowest BCUT2D eigenvalue weighted by Gasteiger charge is -2.31. The van der Waals surface area contributed by atoms with Crippen LogP contribution in [0.25, 0.3) is 11.0 Å². The summed E-state index contributed by atoms with van der Waals surface area (Å²) < 4.78 is 40.2. The van der Waals surface area contributed by atoms with E-state index in [1.807, 2.05) is 16.7 Å². The molecule has 184 valence electrons. The van der Waals surface area contributed by atoms with Crippen LogP contribution in [0.3, 0.4) is 0 Å². The van der Waals surface area contributed by atoms with Gasteiger partial charge in [0.25, 0.3) is 5.91 Å². The molecule has 3 aromatic rings. The van der Waals surface area contributed by atoms with Crippen LogP contribution in [0.1, 0.15) is 28.4 Å². The Balaban J connectivity index is 1.63. The van der Waals surface area contributed by atoms with Crippen LogP contribution in [-0.2, 0) is 17.7 Å². The summed E-state index contributed by atoms with van der Waals surface area (Å²) in [7, 11) is 3.28. The second-order valence-corrected chi connectivity index (χ2v) is 9.34. The Labute approximate surface area is 201 Å². The highest BCUT2D eigenvalue weighted by molar-refractivity contribution is 5.98. The van der Waals surface area contributed by atoms with Gasteiger partial charge in [-0.2, -0.15) is 0 Å². The van der Waals surface area contributed by atoms with E-state index >= 15 is 0 Å². The quantitative estimate of drug-likeness (QED) is 0.566. The minimum atomic E-state index is -0.648. The molecule has 1 atom stereocenters. The first-order valence-electron chi connectivity index (χ1n) is 11.6. The summed E-state index contributed by atoms with van der Waals surface area (Å²) >= 11 is 0. The molecule has 2 aromatic carbocycles. The largest absolute Gasteiger partial charge is 0.440 e.